The predicted molar refractivity (Wildman–Crippen MR) is 65.0 cm³/mol. The Morgan fingerprint density at radius 1 is 1.71 bits per heavy atom. The molecule has 5 nitrogen and oxygen atoms in total. The van der Waals surface area contributed by atoms with Gasteiger partial charge in [-0.1, -0.05) is 0 Å². The summed E-state index contributed by atoms with van der Waals surface area (Å²) in [6.07, 6.45) is 3.25. The van der Waals surface area contributed by atoms with Gasteiger partial charge in [-0.3, -0.25) is 4.79 Å². The highest BCUT2D eigenvalue weighted by Gasteiger charge is 2.18. The van der Waals surface area contributed by atoms with Crippen molar-refractivity contribution in [2.24, 2.45) is 5.92 Å². The van der Waals surface area contributed by atoms with Gasteiger partial charge in [0, 0.05) is 12.6 Å². The molecule has 1 aromatic heterocycles. The Balaban J connectivity index is 1.92. The van der Waals surface area contributed by atoms with E-state index < -0.39 is 0 Å². The van der Waals surface area contributed by atoms with Crippen LogP contribution in [-0.2, 0) is 4.79 Å². The molecule has 1 amide bonds. The van der Waals surface area contributed by atoms with Crippen LogP contribution in [0.2, 0.25) is 0 Å². The van der Waals surface area contributed by atoms with Gasteiger partial charge in [0.2, 0.25) is 11.8 Å². The summed E-state index contributed by atoms with van der Waals surface area (Å²) in [6, 6.07) is 3.56. The maximum absolute atomic E-state index is 11.8. The maximum Gasteiger partial charge on any atom is 0.237 e. The van der Waals surface area contributed by atoms with E-state index in [0.29, 0.717) is 23.9 Å². The molecule has 1 aliphatic heterocycles. The van der Waals surface area contributed by atoms with Crippen molar-refractivity contribution in [3.63, 3.8) is 0 Å². The van der Waals surface area contributed by atoms with Crippen LogP contribution in [0.1, 0.15) is 12.8 Å². The number of pyridine rings is 1. The minimum absolute atomic E-state index is 0.0185. The molecule has 0 aromatic carbocycles. The summed E-state index contributed by atoms with van der Waals surface area (Å²) >= 11 is 0. The van der Waals surface area contributed by atoms with Gasteiger partial charge in [-0.05, 0) is 37.6 Å². The topological polar surface area (TPSA) is 63.2 Å². The lowest BCUT2D eigenvalue weighted by Crippen LogP contribution is -2.18. The van der Waals surface area contributed by atoms with Gasteiger partial charge in [0.25, 0.3) is 0 Å². The van der Waals surface area contributed by atoms with E-state index in [4.69, 9.17) is 4.74 Å². The van der Waals surface area contributed by atoms with Gasteiger partial charge in [-0.25, -0.2) is 4.98 Å². The van der Waals surface area contributed by atoms with Crippen LogP contribution in [0.15, 0.2) is 18.3 Å². The zero-order valence-electron chi connectivity index (χ0n) is 9.90. The normalized spacial score (nSPS) is 19.0. The van der Waals surface area contributed by atoms with Crippen LogP contribution in [0.4, 0.5) is 5.69 Å². The second kappa shape index (κ2) is 5.63. The first-order valence-corrected chi connectivity index (χ1v) is 5.79. The van der Waals surface area contributed by atoms with Crippen LogP contribution in [0.3, 0.4) is 0 Å². The van der Waals surface area contributed by atoms with E-state index in [1.165, 1.54) is 0 Å². The molecule has 2 N–H and O–H groups in total. The highest BCUT2D eigenvalue weighted by molar-refractivity contribution is 5.92. The number of hydrogen-bond acceptors (Lipinski definition) is 4. The van der Waals surface area contributed by atoms with Gasteiger partial charge in [0.15, 0.2) is 0 Å². The fourth-order valence-electron chi connectivity index (χ4n) is 2.00. The SMILES string of the molecule is COc1ncccc1NC(=O)CC1CCNC1. The van der Waals surface area contributed by atoms with Crippen molar-refractivity contribution in [3.8, 4) is 5.88 Å². The molecule has 1 atom stereocenters. The molecule has 17 heavy (non-hydrogen) atoms. The Morgan fingerprint density at radius 3 is 3.29 bits per heavy atom. The van der Waals surface area contributed by atoms with Crippen LogP contribution < -0.4 is 15.4 Å². The summed E-state index contributed by atoms with van der Waals surface area (Å²) in [5.74, 6) is 0.910. The van der Waals surface area contributed by atoms with E-state index in [2.05, 4.69) is 15.6 Å². The van der Waals surface area contributed by atoms with E-state index in [9.17, 15) is 4.79 Å². The molecule has 0 saturated carbocycles. The minimum Gasteiger partial charge on any atom is -0.480 e. The van der Waals surface area contributed by atoms with E-state index >= 15 is 0 Å². The lowest BCUT2D eigenvalue weighted by Gasteiger charge is -2.11. The number of anilines is 1. The van der Waals surface area contributed by atoms with Gasteiger partial charge in [-0.2, -0.15) is 0 Å². The summed E-state index contributed by atoms with van der Waals surface area (Å²) in [7, 11) is 1.54. The van der Waals surface area contributed by atoms with Crippen LogP contribution >= 0.6 is 0 Å². The fraction of sp³-hybridized carbons (Fsp3) is 0.500. The third-order valence-electron chi connectivity index (χ3n) is 2.88. The van der Waals surface area contributed by atoms with E-state index in [1.807, 2.05) is 0 Å². The first-order valence-electron chi connectivity index (χ1n) is 5.79. The molecule has 0 spiro atoms. The van der Waals surface area contributed by atoms with Crippen molar-refractivity contribution < 1.29 is 9.53 Å². The summed E-state index contributed by atoms with van der Waals surface area (Å²) in [5.41, 5.74) is 0.631. The number of carbonyl (C=O) groups is 1. The number of nitrogens with one attached hydrogen (secondary N) is 2. The zero-order valence-corrected chi connectivity index (χ0v) is 9.90. The molecule has 0 radical (unpaired) electrons. The Kier molecular flexibility index (Phi) is 3.93. The second-order valence-electron chi connectivity index (χ2n) is 4.17. The number of amides is 1. The molecule has 1 fully saturated rings. The van der Waals surface area contributed by atoms with Crippen molar-refractivity contribution in [3.05, 3.63) is 18.3 Å². The lowest BCUT2D eigenvalue weighted by molar-refractivity contribution is -0.117. The monoisotopic (exact) mass is 235 g/mol. The van der Waals surface area contributed by atoms with Crippen LogP contribution in [0.5, 0.6) is 5.88 Å². The Bertz CT molecular complexity index is 389. The Hall–Kier alpha value is -1.62. The largest absolute Gasteiger partial charge is 0.480 e. The quantitative estimate of drug-likeness (QED) is 0.818. The molecule has 2 heterocycles. The summed E-state index contributed by atoms with van der Waals surface area (Å²) in [6.45, 7) is 1.94. The molecule has 1 aliphatic rings. The standard InChI is InChI=1S/C12H17N3O2/c1-17-12-10(3-2-5-14-12)15-11(16)7-9-4-6-13-8-9/h2-3,5,9,13H,4,6-8H2,1H3,(H,15,16). The van der Waals surface area contributed by atoms with E-state index in [1.54, 1.807) is 25.4 Å². The van der Waals surface area contributed by atoms with Crippen molar-refractivity contribution in [1.82, 2.24) is 10.3 Å². The Labute approximate surface area is 101 Å². The maximum atomic E-state index is 11.8. The first kappa shape index (κ1) is 11.9. The molecule has 0 bridgehead atoms. The number of hydrogen-bond donors (Lipinski definition) is 2. The highest BCUT2D eigenvalue weighted by atomic mass is 16.5. The summed E-state index contributed by atoms with van der Waals surface area (Å²) in [5, 5.41) is 6.08. The molecule has 1 saturated heterocycles. The van der Waals surface area contributed by atoms with Crippen molar-refractivity contribution in [2.45, 2.75) is 12.8 Å². The number of methoxy groups -OCH3 is 1. The summed E-state index contributed by atoms with van der Waals surface area (Å²) < 4.78 is 5.08. The van der Waals surface area contributed by atoms with Gasteiger partial charge in [0.05, 0.1) is 7.11 Å². The molecule has 92 valence electrons. The third kappa shape index (κ3) is 3.17. The Morgan fingerprint density at radius 2 is 2.59 bits per heavy atom. The number of ether oxygens (including phenoxy) is 1. The second-order valence-corrected chi connectivity index (χ2v) is 4.17. The van der Waals surface area contributed by atoms with Crippen molar-refractivity contribution in [1.29, 1.82) is 0 Å². The molecule has 1 unspecified atom stereocenters. The van der Waals surface area contributed by atoms with Gasteiger partial charge in [0.1, 0.15) is 5.69 Å². The molecular formula is C12H17N3O2. The molecule has 1 aromatic rings. The smallest absolute Gasteiger partial charge is 0.237 e. The average molecular weight is 235 g/mol. The zero-order chi connectivity index (χ0) is 12.1. The molecular weight excluding hydrogens is 218 g/mol. The van der Waals surface area contributed by atoms with Gasteiger partial charge >= 0.3 is 0 Å². The number of aromatic nitrogens is 1. The average Bonchev–Trinajstić information content (AvgIpc) is 2.82. The first-order chi connectivity index (χ1) is 8.29. The van der Waals surface area contributed by atoms with E-state index in [-0.39, 0.29) is 5.91 Å². The van der Waals surface area contributed by atoms with Crippen molar-refractivity contribution >= 4 is 11.6 Å². The number of nitrogens with zero attached hydrogens (tertiary/aromatic N) is 1. The molecule has 2 rings (SSSR count). The predicted octanol–water partition coefficient (Wildman–Crippen LogP) is 1.03. The number of carbonyl (C=O) groups excluding carboxylic acids is 1. The fourth-order valence-corrected chi connectivity index (χ4v) is 2.00. The van der Waals surface area contributed by atoms with E-state index in [0.717, 1.165) is 19.5 Å². The third-order valence-corrected chi connectivity index (χ3v) is 2.88. The summed E-state index contributed by atoms with van der Waals surface area (Å²) in [4.78, 5) is 15.8. The van der Waals surface area contributed by atoms with Crippen LogP contribution in [0.25, 0.3) is 0 Å². The van der Waals surface area contributed by atoms with Crippen LogP contribution in [0, 0.1) is 5.92 Å². The number of rotatable bonds is 4. The minimum atomic E-state index is 0.0185. The van der Waals surface area contributed by atoms with Gasteiger partial charge < -0.3 is 15.4 Å². The molecule has 0 aliphatic carbocycles. The van der Waals surface area contributed by atoms with Gasteiger partial charge in [-0.15, -0.1) is 0 Å². The van der Waals surface area contributed by atoms with Crippen molar-refractivity contribution in [2.75, 3.05) is 25.5 Å². The highest BCUT2D eigenvalue weighted by Crippen LogP contribution is 2.21. The van der Waals surface area contributed by atoms with Crippen LogP contribution in [-0.4, -0.2) is 31.1 Å². The molecule has 5 heteroatoms. The lowest BCUT2D eigenvalue weighted by atomic mass is 10.0.